The maximum Gasteiger partial charge on any atom is 0.276 e. The Hall–Kier alpha value is -2.26. The first-order valence-electron chi connectivity index (χ1n) is 8.51. The van der Waals surface area contributed by atoms with Crippen LogP contribution in [-0.2, 0) is 9.53 Å². The Bertz CT molecular complexity index is 776. The van der Waals surface area contributed by atoms with Crippen LogP contribution in [0.15, 0.2) is 27.8 Å². The molecular formula is C17H19N3O5S. The standard InChI is InChI=1S/C17H19N3O5S/c21-15(20-5-7-22-8-6-20)2-1-9-26-17-19-18-16(25-17)12-3-4-13-14(10-12)24-11-23-13/h3-4,10H,1-2,5-9,11H2. The molecule has 2 aliphatic heterocycles. The van der Waals surface area contributed by atoms with E-state index >= 15 is 0 Å². The zero-order chi connectivity index (χ0) is 17.8. The van der Waals surface area contributed by atoms with Gasteiger partial charge in [-0.05, 0) is 24.6 Å². The Kier molecular flexibility index (Phi) is 5.26. The highest BCUT2D eigenvalue weighted by Crippen LogP contribution is 2.36. The molecule has 9 heteroatoms. The molecule has 1 aromatic carbocycles. The van der Waals surface area contributed by atoms with Crippen LogP contribution in [0, 0.1) is 0 Å². The van der Waals surface area contributed by atoms with Gasteiger partial charge in [-0.15, -0.1) is 10.2 Å². The van der Waals surface area contributed by atoms with Gasteiger partial charge in [0.2, 0.25) is 18.6 Å². The van der Waals surface area contributed by atoms with E-state index in [0.29, 0.717) is 55.3 Å². The first-order valence-corrected chi connectivity index (χ1v) is 9.50. The number of carbonyl (C=O) groups is 1. The van der Waals surface area contributed by atoms with Crippen molar-refractivity contribution in [2.75, 3.05) is 38.8 Å². The van der Waals surface area contributed by atoms with Gasteiger partial charge in [-0.1, -0.05) is 11.8 Å². The SMILES string of the molecule is O=C(CCCSc1nnc(-c2ccc3c(c2)OCO3)o1)N1CCOCC1. The number of hydrogen-bond donors (Lipinski definition) is 0. The van der Waals surface area contributed by atoms with Gasteiger partial charge in [0.15, 0.2) is 11.5 Å². The first kappa shape index (κ1) is 17.2. The third kappa shape index (κ3) is 3.94. The molecule has 1 amide bonds. The van der Waals surface area contributed by atoms with Gasteiger partial charge in [0.25, 0.3) is 5.22 Å². The van der Waals surface area contributed by atoms with E-state index in [0.717, 1.165) is 17.7 Å². The molecule has 8 nitrogen and oxygen atoms in total. The fraction of sp³-hybridized carbons (Fsp3) is 0.471. The molecule has 0 spiro atoms. The van der Waals surface area contributed by atoms with Crippen LogP contribution < -0.4 is 9.47 Å². The van der Waals surface area contributed by atoms with Crippen LogP contribution in [0.2, 0.25) is 0 Å². The molecule has 26 heavy (non-hydrogen) atoms. The zero-order valence-corrected chi connectivity index (χ0v) is 15.0. The number of rotatable bonds is 6. The molecular weight excluding hydrogens is 358 g/mol. The van der Waals surface area contributed by atoms with Crippen LogP contribution in [0.5, 0.6) is 11.5 Å². The fourth-order valence-electron chi connectivity index (χ4n) is 2.77. The molecule has 138 valence electrons. The Balaban J connectivity index is 1.25. The zero-order valence-electron chi connectivity index (χ0n) is 14.2. The molecule has 4 rings (SSSR count). The number of nitrogens with zero attached hydrogens (tertiary/aromatic N) is 3. The second-order valence-corrected chi connectivity index (χ2v) is 6.93. The number of morpholine rings is 1. The summed E-state index contributed by atoms with van der Waals surface area (Å²) in [5.74, 6) is 2.76. The molecule has 2 aromatic rings. The van der Waals surface area contributed by atoms with Crippen molar-refractivity contribution in [1.29, 1.82) is 0 Å². The number of fused-ring (bicyclic) bond motifs is 1. The Morgan fingerprint density at radius 2 is 2.00 bits per heavy atom. The molecule has 0 saturated carbocycles. The van der Waals surface area contributed by atoms with Gasteiger partial charge < -0.3 is 23.5 Å². The Morgan fingerprint density at radius 3 is 2.88 bits per heavy atom. The Morgan fingerprint density at radius 1 is 1.15 bits per heavy atom. The van der Waals surface area contributed by atoms with E-state index in [1.807, 2.05) is 23.1 Å². The van der Waals surface area contributed by atoms with Gasteiger partial charge in [-0.25, -0.2) is 0 Å². The predicted octanol–water partition coefficient (Wildman–Crippen LogP) is 2.20. The van der Waals surface area contributed by atoms with E-state index in [1.54, 1.807) is 0 Å². The molecule has 0 radical (unpaired) electrons. The number of amides is 1. The van der Waals surface area contributed by atoms with Crippen LogP contribution in [0.4, 0.5) is 0 Å². The molecule has 0 bridgehead atoms. The third-order valence-electron chi connectivity index (χ3n) is 4.15. The molecule has 3 heterocycles. The summed E-state index contributed by atoms with van der Waals surface area (Å²) in [6.07, 6.45) is 1.29. The molecule has 0 aliphatic carbocycles. The van der Waals surface area contributed by atoms with Crippen molar-refractivity contribution < 1.29 is 23.4 Å². The van der Waals surface area contributed by atoms with E-state index in [9.17, 15) is 4.79 Å². The van der Waals surface area contributed by atoms with Crippen molar-refractivity contribution in [2.24, 2.45) is 0 Å². The van der Waals surface area contributed by atoms with Crippen molar-refractivity contribution in [3.8, 4) is 23.0 Å². The quantitative estimate of drug-likeness (QED) is 0.559. The lowest BCUT2D eigenvalue weighted by molar-refractivity contribution is -0.135. The summed E-state index contributed by atoms with van der Waals surface area (Å²) in [6.45, 7) is 2.87. The molecule has 2 aliphatic rings. The largest absolute Gasteiger partial charge is 0.454 e. The van der Waals surface area contributed by atoms with Crippen LogP contribution in [0.25, 0.3) is 11.5 Å². The summed E-state index contributed by atoms with van der Waals surface area (Å²) >= 11 is 1.46. The first-order chi connectivity index (χ1) is 12.8. The predicted molar refractivity (Wildman–Crippen MR) is 93.2 cm³/mol. The highest BCUT2D eigenvalue weighted by atomic mass is 32.2. The minimum Gasteiger partial charge on any atom is -0.454 e. The lowest BCUT2D eigenvalue weighted by Gasteiger charge is -2.26. The van der Waals surface area contributed by atoms with E-state index in [1.165, 1.54) is 11.8 Å². The highest BCUT2D eigenvalue weighted by Gasteiger charge is 2.18. The van der Waals surface area contributed by atoms with Gasteiger partial charge in [-0.2, -0.15) is 0 Å². The minimum atomic E-state index is 0.181. The summed E-state index contributed by atoms with van der Waals surface area (Å²) in [5, 5.41) is 8.63. The second-order valence-electron chi connectivity index (χ2n) is 5.89. The normalized spacial score (nSPS) is 16.1. The topological polar surface area (TPSA) is 86.9 Å². The lowest BCUT2D eigenvalue weighted by Crippen LogP contribution is -2.40. The van der Waals surface area contributed by atoms with Crippen LogP contribution in [0.3, 0.4) is 0 Å². The summed E-state index contributed by atoms with van der Waals surface area (Å²) in [7, 11) is 0. The van der Waals surface area contributed by atoms with E-state index in [2.05, 4.69) is 10.2 Å². The number of ether oxygens (including phenoxy) is 3. The van der Waals surface area contributed by atoms with Gasteiger partial charge in [-0.3, -0.25) is 4.79 Å². The second kappa shape index (κ2) is 7.96. The van der Waals surface area contributed by atoms with Gasteiger partial charge >= 0.3 is 0 Å². The van der Waals surface area contributed by atoms with Crippen LogP contribution in [-0.4, -0.2) is 59.9 Å². The van der Waals surface area contributed by atoms with Crippen LogP contribution in [0.1, 0.15) is 12.8 Å². The van der Waals surface area contributed by atoms with Gasteiger partial charge in [0, 0.05) is 30.8 Å². The summed E-state index contributed by atoms with van der Waals surface area (Å²) in [5.41, 5.74) is 0.788. The Labute approximate surface area is 154 Å². The number of carbonyl (C=O) groups excluding carboxylic acids is 1. The maximum atomic E-state index is 12.1. The molecule has 1 saturated heterocycles. The summed E-state index contributed by atoms with van der Waals surface area (Å²) in [4.78, 5) is 13.9. The number of hydrogen-bond acceptors (Lipinski definition) is 8. The van der Waals surface area contributed by atoms with Crippen molar-refractivity contribution in [3.63, 3.8) is 0 Å². The van der Waals surface area contributed by atoms with E-state index in [4.69, 9.17) is 18.6 Å². The van der Waals surface area contributed by atoms with Crippen molar-refractivity contribution in [3.05, 3.63) is 18.2 Å². The van der Waals surface area contributed by atoms with Crippen molar-refractivity contribution >= 4 is 17.7 Å². The van der Waals surface area contributed by atoms with E-state index in [-0.39, 0.29) is 12.7 Å². The summed E-state index contributed by atoms with van der Waals surface area (Å²) in [6, 6.07) is 5.51. The summed E-state index contributed by atoms with van der Waals surface area (Å²) < 4.78 is 21.6. The number of thioether (sulfide) groups is 1. The molecule has 0 atom stereocenters. The van der Waals surface area contributed by atoms with Crippen LogP contribution >= 0.6 is 11.8 Å². The van der Waals surface area contributed by atoms with Gasteiger partial charge in [0.1, 0.15) is 0 Å². The minimum absolute atomic E-state index is 0.181. The molecule has 1 fully saturated rings. The average Bonchev–Trinajstić information content (AvgIpc) is 3.34. The highest BCUT2D eigenvalue weighted by molar-refractivity contribution is 7.99. The van der Waals surface area contributed by atoms with Crippen molar-refractivity contribution in [1.82, 2.24) is 15.1 Å². The van der Waals surface area contributed by atoms with E-state index < -0.39 is 0 Å². The monoisotopic (exact) mass is 377 g/mol. The third-order valence-corrected chi connectivity index (χ3v) is 5.06. The number of benzene rings is 1. The maximum absolute atomic E-state index is 12.1. The molecule has 0 unspecified atom stereocenters. The van der Waals surface area contributed by atoms with Gasteiger partial charge in [0.05, 0.1) is 13.2 Å². The lowest BCUT2D eigenvalue weighted by atomic mass is 10.2. The average molecular weight is 377 g/mol. The number of aromatic nitrogens is 2. The molecule has 1 aromatic heterocycles. The fourth-order valence-corrected chi connectivity index (χ4v) is 3.47. The van der Waals surface area contributed by atoms with Crippen molar-refractivity contribution in [2.45, 2.75) is 18.1 Å². The molecule has 0 N–H and O–H groups in total. The smallest absolute Gasteiger partial charge is 0.276 e.